The fourth-order valence-corrected chi connectivity index (χ4v) is 2.20. The van der Waals surface area contributed by atoms with Crippen LogP contribution in [0.2, 0.25) is 0 Å². The second-order valence-corrected chi connectivity index (χ2v) is 6.02. The number of nitrogens with zero attached hydrogens (tertiary/aromatic N) is 3. The summed E-state index contributed by atoms with van der Waals surface area (Å²) in [6, 6.07) is 4.63. The van der Waals surface area contributed by atoms with Crippen LogP contribution in [0.3, 0.4) is 0 Å². The van der Waals surface area contributed by atoms with Crippen LogP contribution in [0.4, 0.5) is 4.39 Å². The molecule has 20 heavy (non-hydrogen) atoms. The van der Waals surface area contributed by atoms with Crippen LogP contribution in [-0.4, -0.2) is 21.5 Å². The molecule has 108 valence electrons. The van der Waals surface area contributed by atoms with Crippen molar-refractivity contribution in [1.82, 2.24) is 20.3 Å². The summed E-state index contributed by atoms with van der Waals surface area (Å²) in [5.74, 6) is 0.357. The highest BCUT2D eigenvalue weighted by Crippen LogP contribution is 2.18. The van der Waals surface area contributed by atoms with E-state index in [9.17, 15) is 4.39 Å². The molecule has 1 heterocycles. The minimum absolute atomic E-state index is 0.248. The van der Waals surface area contributed by atoms with E-state index in [0.717, 1.165) is 22.3 Å². The molecule has 0 amide bonds. The van der Waals surface area contributed by atoms with Crippen LogP contribution in [0.25, 0.3) is 0 Å². The number of halogens is 2. The smallest absolute Gasteiger partial charge is 0.123 e. The Hall–Kier alpha value is -1.27. The Morgan fingerprint density at radius 1 is 1.40 bits per heavy atom. The first-order valence-electron chi connectivity index (χ1n) is 6.58. The van der Waals surface area contributed by atoms with Gasteiger partial charge in [-0.3, -0.25) is 0 Å². The van der Waals surface area contributed by atoms with Gasteiger partial charge in [-0.25, -0.2) is 9.07 Å². The molecule has 2 aromatic rings. The lowest BCUT2D eigenvalue weighted by atomic mass is 10.2. The Morgan fingerprint density at radius 3 is 2.95 bits per heavy atom. The summed E-state index contributed by atoms with van der Waals surface area (Å²) in [5.41, 5.74) is 1.73. The Labute approximate surface area is 126 Å². The molecule has 0 saturated heterocycles. The maximum atomic E-state index is 13.2. The molecule has 0 radical (unpaired) electrons. The topological polar surface area (TPSA) is 42.7 Å². The predicted octanol–water partition coefficient (Wildman–Crippen LogP) is 2.97. The molecular weight excluding hydrogens is 323 g/mol. The van der Waals surface area contributed by atoms with E-state index >= 15 is 0 Å². The molecule has 1 aromatic heterocycles. The molecule has 0 aliphatic heterocycles. The second kappa shape index (κ2) is 6.95. The standard InChI is InChI=1S/C14H18BrFN4/c1-10(2)6-17-7-13-9-20(19-18-13)8-11-5-12(16)3-4-14(11)15/h3-5,9-10,17H,6-8H2,1-2H3. The predicted molar refractivity (Wildman–Crippen MR) is 79.8 cm³/mol. The summed E-state index contributed by atoms with van der Waals surface area (Å²) in [4.78, 5) is 0. The third kappa shape index (κ3) is 4.38. The van der Waals surface area contributed by atoms with Crippen molar-refractivity contribution >= 4 is 15.9 Å². The summed E-state index contributed by atoms with van der Waals surface area (Å²) >= 11 is 3.41. The Balaban J connectivity index is 1.97. The van der Waals surface area contributed by atoms with Crippen LogP contribution in [-0.2, 0) is 13.1 Å². The van der Waals surface area contributed by atoms with Gasteiger partial charge in [-0.1, -0.05) is 35.0 Å². The van der Waals surface area contributed by atoms with Crippen molar-refractivity contribution in [3.8, 4) is 0 Å². The lowest BCUT2D eigenvalue weighted by Crippen LogP contribution is -2.19. The van der Waals surface area contributed by atoms with Gasteiger partial charge in [-0.15, -0.1) is 5.10 Å². The molecule has 0 aliphatic rings. The molecule has 0 aliphatic carbocycles. The fourth-order valence-electron chi connectivity index (χ4n) is 1.82. The van der Waals surface area contributed by atoms with Gasteiger partial charge in [0.05, 0.1) is 18.4 Å². The zero-order valence-electron chi connectivity index (χ0n) is 11.6. The minimum atomic E-state index is -0.248. The van der Waals surface area contributed by atoms with Crippen LogP contribution in [0.15, 0.2) is 28.9 Å². The third-order valence-corrected chi connectivity index (χ3v) is 3.56. The summed E-state index contributed by atoms with van der Waals surface area (Å²) in [5, 5.41) is 11.5. The monoisotopic (exact) mass is 340 g/mol. The average molecular weight is 341 g/mol. The van der Waals surface area contributed by atoms with Gasteiger partial charge in [0.2, 0.25) is 0 Å². The van der Waals surface area contributed by atoms with E-state index in [0.29, 0.717) is 19.0 Å². The molecule has 6 heteroatoms. The molecule has 0 fully saturated rings. The minimum Gasteiger partial charge on any atom is -0.311 e. The number of nitrogens with one attached hydrogen (secondary N) is 1. The largest absolute Gasteiger partial charge is 0.311 e. The van der Waals surface area contributed by atoms with Gasteiger partial charge in [-0.2, -0.15) is 0 Å². The van der Waals surface area contributed by atoms with E-state index in [2.05, 4.69) is 45.4 Å². The maximum absolute atomic E-state index is 13.2. The number of benzene rings is 1. The lowest BCUT2D eigenvalue weighted by molar-refractivity contribution is 0.548. The SMILES string of the molecule is CC(C)CNCc1cn(Cc2cc(F)ccc2Br)nn1. The normalized spacial score (nSPS) is 11.2. The molecule has 1 N–H and O–H groups in total. The molecule has 1 aromatic carbocycles. The van der Waals surface area contributed by atoms with Gasteiger partial charge in [0.25, 0.3) is 0 Å². The van der Waals surface area contributed by atoms with Crippen LogP contribution >= 0.6 is 15.9 Å². The summed E-state index contributed by atoms with van der Waals surface area (Å²) in [6.07, 6.45) is 1.88. The number of aromatic nitrogens is 3. The summed E-state index contributed by atoms with van der Waals surface area (Å²) in [7, 11) is 0. The second-order valence-electron chi connectivity index (χ2n) is 5.17. The van der Waals surface area contributed by atoms with E-state index in [1.807, 2.05) is 6.20 Å². The van der Waals surface area contributed by atoms with Crippen molar-refractivity contribution in [2.45, 2.75) is 26.9 Å². The van der Waals surface area contributed by atoms with Gasteiger partial charge < -0.3 is 5.32 Å². The lowest BCUT2D eigenvalue weighted by Gasteiger charge is -2.05. The van der Waals surface area contributed by atoms with Crippen LogP contribution in [0, 0.1) is 11.7 Å². The Morgan fingerprint density at radius 2 is 2.20 bits per heavy atom. The summed E-state index contributed by atoms with van der Waals surface area (Å²) in [6.45, 7) is 6.46. The molecule has 0 bridgehead atoms. The first-order valence-corrected chi connectivity index (χ1v) is 7.37. The number of hydrogen-bond acceptors (Lipinski definition) is 3. The van der Waals surface area contributed by atoms with Crippen molar-refractivity contribution < 1.29 is 4.39 Å². The van der Waals surface area contributed by atoms with E-state index in [4.69, 9.17) is 0 Å². The zero-order chi connectivity index (χ0) is 14.5. The Kier molecular flexibility index (Phi) is 5.25. The van der Waals surface area contributed by atoms with Crippen molar-refractivity contribution in [3.63, 3.8) is 0 Å². The highest BCUT2D eigenvalue weighted by atomic mass is 79.9. The number of rotatable bonds is 6. The van der Waals surface area contributed by atoms with Crippen molar-refractivity contribution in [1.29, 1.82) is 0 Å². The van der Waals surface area contributed by atoms with Gasteiger partial charge in [0.1, 0.15) is 5.82 Å². The van der Waals surface area contributed by atoms with E-state index in [-0.39, 0.29) is 5.82 Å². The average Bonchev–Trinajstić information content (AvgIpc) is 2.81. The molecule has 0 atom stereocenters. The third-order valence-electron chi connectivity index (χ3n) is 2.78. The van der Waals surface area contributed by atoms with Crippen LogP contribution < -0.4 is 5.32 Å². The zero-order valence-corrected chi connectivity index (χ0v) is 13.2. The molecule has 0 spiro atoms. The van der Waals surface area contributed by atoms with Crippen LogP contribution in [0.1, 0.15) is 25.1 Å². The van der Waals surface area contributed by atoms with E-state index in [1.165, 1.54) is 12.1 Å². The molecule has 0 saturated carbocycles. The first-order chi connectivity index (χ1) is 9.54. The maximum Gasteiger partial charge on any atom is 0.123 e. The Bertz CT molecular complexity index is 568. The van der Waals surface area contributed by atoms with Crippen molar-refractivity contribution in [2.75, 3.05) is 6.54 Å². The van der Waals surface area contributed by atoms with Crippen molar-refractivity contribution in [3.05, 3.63) is 45.9 Å². The number of hydrogen-bond donors (Lipinski definition) is 1. The van der Waals surface area contributed by atoms with Crippen molar-refractivity contribution in [2.24, 2.45) is 5.92 Å². The molecular formula is C14H18BrFN4. The van der Waals surface area contributed by atoms with Gasteiger partial charge in [-0.05, 0) is 36.2 Å². The van der Waals surface area contributed by atoms with E-state index < -0.39 is 0 Å². The highest BCUT2D eigenvalue weighted by Gasteiger charge is 2.06. The first kappa shape index (κ1) is 15.1. The van der Waals surface area contributed by atoms with Crippen LogP contribution in [0.5, 0.6) is 0 Å². The molecule has 2 rings (SSSR count). The quantitative estimate of drug-likeness (QED) is 0.878. The molecule has 4 nitrogen and oxygen atoms in total. The van der Waals surface area contributed by atoms with Gasteiger partial charge in [0.15, 0.2) is 0 Å². The van der Waals surface area contributed by atoms with Gasteiger partial charge >= 0.3 is 0 Å². The fraction of sp³-hybridized carbons (Fsp3) is 0.429. The summed E-state index contributed by atoms with van der Waals surface area (Å²) < 4.78 is 15.8. The molecule has 0 unspecified atom stereocenters. The highest BCUT2D eigenvalue weighted by molar-refractivity contribution is 9.10. The van der Waals surface area contributed by atoms with E-state index in [1.54, 1.807) is 10.7 Å². The van der Waals surface area contributed by atoms with Gasteiger partial charge in [0, 0.05) is 11.0 Å².